The minimum absolute atomic E-state index is 0.0804. The first kappa shape index (κ1) is 22.6. The Labute approximate surface area is 181 Å². The second-order valence-electron chi connectivity index (χ2n) is 9.50. The van der Waals surface area contributed by atoms with Gasteiger partial charge in [0.1, 0.15) is 5.82 Å². The monoisotopic (exact) mass is 452 g/mol. The molecule has 2 aromatic rings. The number of phosphoric ester groups is 1. The first-order chi connectivity index (χ1) is 14.6. The van der Waals surface area contributed by atoms with Gasteiger partial charge in [-0.2, -0.15) is 0 Å². The van der Waals surface area contributed by atoms with Crippen molar-refractivity contribution in [3.05, 3.63) is 42.1 Å². The highest BCUT2D eigenvalue weighted by Gasteiger charge is 2.46. The maximum absolute atomic E-state index is 14.9. The van der Waals surface area contributed by atoms with E-state index in [0.717, 1.165) is 24.1 Å². The number of aliphatic hydroxyl groups excluding tert-OH is 1. The topological polar surface area (TPSA) is 105 Å². The summed E-state index contributed by atoms with van der Waals surface area (Å²) in [6, 6.07) is 4.44. The third-order valence-electron chi connectivity index (χ3n) is 6.99. The summed E-state index contributed by atoms with van der Waals surface area (Å²) in [5.41, 5.74) is 1.53. The van der Waals surface area contributed by atoms with Crippen LogP contribution >= 0.6 is 7.82 Å². The number of phosphoric acid groups is 1. The highest BCUT2D eigenvalue weighted by molar-refractivity contribution is 7.46. The highest BCUT2D eigenvalue weighted by Crippen LogP contribution is 2.54. The molecule has 1 aromatic carbocycles. The number of hydrogen-bond donors (Lipinski definition) is 3. The lowest BCUT2D eigenvalue weighted by Gasteiger charge is -2.46. The largest absolute Gasteiger partial charge is 0.469 e. The molecule has 1 aliphatic carbocycles. The van der Waals surface area contributed by atoms with Crippen molar-refractivity contribution in [1.29, 1.82) is 0 Å². The molecule has 9 heteroatoms. The summed E-state index contributed by atoms with van der Waals surface area (Å²) in [5, 5.41) is 9.45. The Kier molecular flexibility index (Phi) is 6.14. The molecule has 31 heavy (non-hydrogen) atoms. The molecule has 7 nitrogen and oxygen atoms in total. The Morgan fingerprint density at radius 1 is 1.39 bits per heavy atom. The fourth-order valence-corrected chi connectivity index (χ4v) is 6.67. The predicted octanol–water partition coefficient (Wildman–Crippen LogP) is 4.28. The lowest BCUT2D eigenvalue weighted by Crippen LogP contribution is -2.42. The molecule has 4 rings (SSSR count). The normalized spacial score (nSPS) is 28.9. The van der Waals surface area contributed by atoms with Crippen LogP contribution in [0.15, 0.2) is 30.7 Å². The van der Waals surface area contributed by atoms with E-state index in [1.807, 2.05) is 17.6 Å². The van der Waals surface area contributed by atoms with Crippen molar-refractivity contribution in [2.24, 2.45) is 17.3 Å². The van der Waals surface area contributed by atoms with E-state index in [2.05, 4.69) is 11.9 Å². The van der Waals surface area contributed by atoms with E-state index < -0.39 is 25.4 Å². The second-order valence-corrected chi connectivity index (χ2v) is 10.7. The smallest absolute Gasteiger partial charge is 0.396 e. The minimum Gasteiger partial charge on any atom is -0.396 e. The van der Waals surface area contributed by atoms with Crippen LogP contribution in [0.5, 0.6) is 0 Å². The van der Waals surface area contributed by atoms with Gasteiger partial charge < -0.3 is 19.5 Å². The highest BCUT2D eigenvalue weighted by atomic mass is 31.2. The zero-order valence-corrected chi connectivity index (χ0v) is 18.7. The first-order valence-electron chi connectivity index (χ1n) is 10.8. The minimum atomic E-state index is -4.78. The molecule has 0 bridgehead atoms. The molecule has 1 aliphatic heterocycles. The van der Waals surface area contributed by atoms with Crippen LogP contribution in [-0.2, 0) is 9.09 Å². The summed E-state index contributed by atoms with van der Waals surface area (Å²) in [6.07, 6.45) is 5.79. The lowest BCUT2D eigenvalue weighted by atomic mass is 9.62. The van der Waals surface area contributed by atoms with Gasteiger partial charge in [-0.3, -0.25) is 4.52 Å². The summed E-state index contributed by atoms with van der Waals surface area (Å²) in [5.74, 6) is 0.231. The molecule has 0 spiro atoms. The molecular weight excluding hydrogens is 422 g/mol. The molecule has 2 heterocycles. The summed E-state index contributed by atoms with van der Waals surface area (Å²) < 4.78 is 34.1. The van der Waals surface area contributed by atoms with E-state index in [1.54, 1.807) is 18.6 Å². The van der Waals surface area contributed by atoms with Crippen molar-refractivity contribution >= 4 is 7.82 Å². The van der Waals surface area contributed by atoms with Gasteiger partial charge in [-0.25, -0.2) is 13.9 Å². The second kappa shape index (κ2) is 8.41. The van der Waals surface area contributed by atoms with Gasteiger partial charge in [0.15, 0.2) is 0 Å². The summed E-state index contributed by atoms with van der Waals surface area (Å²) in [6.45, 7) is 4.20. The quantitative estimate of drug-likeness (QED) is 0.542. The molecule has 5 atom stereocenters. The van der Waals surface area contributed by atoms with Gasteiger partial charge in [0, 0.05) is 17.7 Å². The number of imidazole rings is 1. The van der Waals surface area contributed by atoms with Crippen molar-refractivity contribution < 1.29 is 28.4 Å². The molecule has 5 unspecified atom stereocenters. The number of hydrogen-bond acceptors (Lipinski definition) is 4. The van der Waals surface area contributed by atoms with E-state index in [1.165, 1.54) is 6.07 Å². The van der Waals surface area contributed by atoms with Crippen LogP contribution in [0, 0.1) is 23.1 Å². The average molecular weight is 452 g/mol. The maximum atomic E-state index is 14.9. The summed E-state index contributed by atoms with van der Waals surface area (Å²) >= 11 is 0. The van der Waals surface area contributed by atoms with Crippen LogP contribution in [0.4, 0.5) is 4.39 Å². The number of rotatable bonds is 7. The van der Waals surface area contributed by atoms with Gasteiger partial charge in [0.25, 0.3) is 0 Å². The zero-order chi connectivity index (χ0) is 22.4. The number of aromatic nitrogens is 2. The molecule has 0 saturated heterocycles. The lowest BCUT2D eigenvalue weighted by molar-refractivity contribution is -0.0329. The van der Waals surface area contributed by atoms with Crippen molar-refractivity contribution in [3.63, 3.8) is 0 Å². The first-order valence-corrected chi connectivity index (χ1v) is 12.3. The third kappa shape index (κ3) is 4.50. The van der Waals surface area contributed by atoms with Crippen molar-refractivity contribution in [1.82, 2.24) is 9.55 Å². The Balaban J connectivity index is 1.71. The van der Waals surface area contributed by atoms with Crippen molar-refractivity contribution in [2.75, 3.05) is 6.61 Å². The predicted molar refractivity (Wildman–Crippen MR) is 114 cm³/mol. The van der Waals surface area contributed by atoms with Crippen LogP contribution in [0.2, 0.25) is 0 Å². The maximum Gasteiger partial charge on any atom is 0.469 e. The molecule has 0 amide bonds. The van der Waals surface area contributed by atoms with Gasteiger partial charge in [-0.05, 0) is 55.4 Å². The number of nitrogens with zero attached hydrogens (tertiary/aromatic N) is 2. The Hall–Kier alpha value is -1.57. The number of halogens is 1. The average Bonchev–Trinajstić information content (AvgIpc) is 3.23. The van der Waals surface area contributed by atoms with Crippen molar-refractivity contribution in [3.8, 4) is 11.3 Å². The fourth-order valence-electron chi connectivity index (χ4n) is 5.99. The molecule has 1 aromatic heterocycles. The standard InChI is InChI=1S/C22H30FN2O5P/c1-14-8-15(6-7-26)11-22(2,10-14)20(30-31(27,28)29)9-18-21-16(4-3-5-17(21)23)19-12-24-13-25(18)19/h3-5,12-15,18,20,26H,6-11H2,1-2H3,(H2,27,28,29). The zero-order valence-electron chi connectivity index (χ0n) is 17.8. The van der Waals surface area contributed by atoms with Crippen LogP contribution < -0.4 is 0 Å². The number of fused-ring (bicyclic) bond motifs is 3. The van der Waals surface area contributed by atoms with Gasteiger partial charge in [-0.1, -0.05) is 26.0 Å². The van der Waals surface area contributed by atoms with Crippen LogP contribution in [0.25, 0.3) is 11.3 Å². The van der Waals surface area contributed by atoms with Gasteiger partial charge in [0.05, 0.1) is 30.4 Å². The van der Waals surface area contributed by atoms with Gasteiger partial charge >= 0.3 is 7.82 Å². The molecule has 0 radical (unpaired) electrons. The van der Waals surface area contributed by atoms with Crippen LogP contribution in [-0.4, -0.2) is 37.2 Å². The van der Waals surface area contributed by atoms with E-state index in [9.17, 15) is 23.8 Å². The van der Waals surface area contributed by atoms with Gasteiger partial charge in [-0.15, -0.1) is 0 Å². The SMILES string of the molecule is CC1CC(CCO)CC(C)(C(CC2c3c(F)cccc3-c3cncn32)OP(=O)(O)O)C1. The molecule has 170 valence electrons. The third-order valence-corrected chi connectivity index (χ3v) is 7.52. The summed E-state index contributed by atoms with van der Waals surface area (Å²) in [4.78, 5) is 23.6. The fraction of sp³-hybridized carbons (Fsp3) is 0.591. The Morgan fingerprint density at radius 2 is 2.16 bits per heavy atom. The molecule has 1 saturated carbocycles. The Bertz CT molecular complexity index is 992. The van der Waals surface area contributed by atoms with E-state index >= 15 is 0 Å². The van der Waals surface area contributed by atoms with E-state index in [-0.39, 0.29) is 24.8 Å². The summed E-state index contributed by atoms with van der Waals surface area (Å²) in [7, 11) is -4.78. The molecule has 3 N–H and O–H groups in total. The number of benzene rings is 1. The van der Waals surface area contributed by atoms with Crippen LogP contribution in [0.3, 0.4) is 0 Å². The molecular formula is C22H30FN2O5P. The Morgan fingerprint density at radius 3 is 2.87 bits per heavy atom. The van der Waals surface area contributed by atoms with E-state index in [4.69, 9.17) is 4.52 Å². The van der Waals surface area contributed by atoms with E-state index in [0.29, 0.717) is 24.3 Å². The molecule has 2 aliphatic rings. The number of aliphatic hydroxyl groups is 1. The van der Waals surface area contributed by atoms with Crippen LogP contribution in [0.1, 0.15) is 57.6 Å². The van der Waals surface area contributed by atoms with Gasteiger partial charge in [0.2, 0.25) is 0 Å². The molecule has 1 fully saturated rings. The van der Waals surface area contributed by atoms with Crippen molar-refractivity contribution in [2.45, 2.75) is 58.1 Å².